The lowest BCUT2D eigenvalue weighted by atomic mass is 10.1. The van der Waals surface area contributed by atoms with Crippen LogP contribution in [0.4, 0.5) is 0 Å². The van der Waals surface area contributed by atoms with Crippen molar-refractivity contribution in [2.45, 2.75) is 45.1 Å². The van der Waals surface area contributed by atoms with Crippen molar-refractivity contribution in [3.63, 3.8) is 0 Å². The number of benzene rings is 1. The maximum absolute atomic E-state index is 11.5. The van der Waals surface area contributed by atoms with Crippen molar-refractivity contribution in [1.82, 2.24) is 5.32 Å². The molecule has 1 aromatic rings. The number of carbonyl (C=O) groups is 2. The Labute approximate surface area is 125 Å². The van der Waals surface area contributed by atoms with Gasteiger partial charge in [0.25, 0.3) is 0 Å². The summed E-state index contributed by atoms with van der Waals surface area (Å²) in [6.45, 7) is 1.46. The first-order valence-corrected chi connectivity index (χ1v) is 7.18. The molecular weight excluding hydrogens is 270 g/mol. The number of carbonyl (C=O) groups excluding carboxylic acids is 1. The number of methoxy groups -OCH3 is 1. The second-order valence-corrected chi connectivity index (χ2v) is 5.04. The van der Waals surface area contributed by atoms with Gasteiger partial charge in [-0.15, -0.1) is 0 Å². The Kier molecular flexibility index (Phi) is 7.29. The molecule has 0 bridgehead atoms. The van der Waals surface area contributed by atoms with Crippen LogP contribution in [0, 0.1) is 0 Å². The van der Waals surface area contributed by atoms with Gasteiger partial charge < -0.3 is 15.2 Å². The highest BCUT2D eigenvalue weighted by atomic mass is 16.5. The number of ether oxygens (including phenoxy) is 1. The van der Waals surface area contributed by atoms with Crippen LogP contribution in [0.1, 0.15) is 38.2 Å². The summed E-state index contributed by atoms with van der Waals surface area (Å²) in [6.07, 6.45) is 4.07. The number of hydrogen-bond acceptors (Lipinski definition) is 3. The van der Waals surface area contributed by atoms with Crippen LogP contribution in [-0.4, -0.2) is 30.1 Å². The molecule has 5 nitrogen and oxygen atoms in total. The molecule has 1 atom stereocenters. The molecule has 0 saturated heterocycles. The number of nitrogens with one attached hydrogen (secondary N) is 1. The monoisotopic (exact) mass is 293 g/mol. The standard InChI is InChI=1S/C16H23NO4/c1-12(16(19)20)17-15(18)7-5-3-4-6-13-8-10-14(21-2)11-9-13/h8-12H,3-7H2,1-2H3,(H,17,18)(H,19,20). The van der Waals surface area contributed by atoms with Crippen molar-refractivity contribution in [2.24, 2.45) is 0 Å². The summed E-state index contributed by atoms with van der Waals surface area (Å²) >= 11 is 0. The summed E-state index contributed by atoms with van der Waals surface area (Å²) in [7, 11) is 1.64. The highest BCUT2D eigenvalue weighted by Gasteiger charge is 2.13. The molecule has 1 aromatic carbocycles. The number of hydrogen-bond donors (Lipinski definition) is 2. The molecule has 0 radical (unpaired) electrons. The second kappa shape index (κ2) is 9.00. The number of carboxylic acids is 1. The minimum Gasteiger partial charge on any atom is -0.497 e. The zero-order chi connectivity index (χ0) is 15.7. The van der Waals surface area contributed by atoms with E-state index in [2.05, 4.69) is 5.32 Å². The third-order valence-corrected chi connectivity index (χ3v) is 3.28. The van der Waals surface area contributed by atoms with Gasteiger partial charge in [0.1, 0.15) is 11.8 Å². The molecule has 1 rings (SSSR count). The van der Waals surface area contributed by atoms with E-state index in [0.717, 1.165) is 31.4 Å². The molecule has 0 saturated carbocycles. The molecule has 2 N–H and O–H groups in total. The molecule has 0 aliphatic rings. The van der Waals surface area contributed by atoms with Gasteiger partial charge in [0.2, 0.25) is 5.91 Å². The van der Waals surface area contributed by atoms with E-state index in [9.17, 15) is 9.59 Å². The van der Waals surface area contributed by atoms with E-state index in [1.807, 2.05) is 24.3 Å². The van der Waals surface area contributed by atoms with E-state index >= 15 is 0 Å². The maximum atomic E-state index is 11.5. The molecule has 0 aliphatic heterocycles. The van der Waals surface area contributed by atoms with Crippen LogP contribution in [0.15, 0.2) is 24.3 Å². The zero-order valence-corrected chi connectivity index (χ0v) is 12.6. The summed E-state index contributed by atoms with van der Waals surface area (Å²) in [5.74, 6) is -0.361. The predicted octanol–water partition coefficient (Wildman–Crippen LogP) is 2.39. The van der Waals surface area contributed by atoms with Gasteiger partial charge in [-0.3, -0.25) is 9.59 Å². The maximum Gasteiger partial charge on any atom is 0.325 e. The molecule has 116 valence electrons. The van der Waals surface area contributed by atoms with Crippen LogP contribution in [0.3, 0.4) is 0 Å². The van der Waals surface area contributed by atoms with Gasteiger partial charge in [0.15, 0.2) is 0 Å². The summed E-state index contributed by atoms with van der Waals surface area (Å²) in [5, 5.41) is 11.1. The Bertz CT molecular complexity index is 456. The van der Waals surface area contributed by atoms with Gasteiger partial charge >= 0.3 is 5.97 Å². The van der Waals surface area contributed by atoms with E-state index in [-0.39, 0.29) is 5.91 Å². The lowest BCUT2D eigenvalue weighted by molar-refractivity contribution is -0.141. The molecule has 0 aliphatic carbocycles. The van der Waals surface area contributed by atoms with Crippen LogP contribution in [0.25, 0.3) is 0 Å². The third kappa shape index (κ3) is 6.79. The highest BCUT2D eigenvalue weighted by Crippen LogP contribution is 2.13. The first kappa shape index (κ1) is 17.0. The summed E-state index contributed by atoms with van der Waals surface area (Å²) in [4.78, 5) is 22.1. The average molecular weight is 293 g/mol. The minimum atomic E-state index is -1.01. The van der Waals surface area contributed by atoms with Gasteiger partial charge in [0, 0.05) is 6.42 Å². The summed E-state index contributed by atoms with van der Waals surface area (Å²) < 4.78 is 5.10. The van der Waals surface area contributed by atoms with Crippen molar-refractivity contribution in [3.05, 3.63) is 29.8 Å². The SMILES string of the molecule is COc1ccc(CCCCCC(=O)NC(C)C(=O)O)cc1. The highest BCUT2D eigenvalue weighted by molar-refractivity contribution is 5.83. The quantitative estimate of drug-likeness (QED) is 0.685. The van der Waals surface area contributed by atoms with E-state index in [0.29, 0.717) is 6.42 Å². The number of aliphatic carboxylic acids is 1. The first-order chi connectivity index (χ1) is 10.0. The molecule has 0 aromatic heterocycles. The van der Waals surface area contributed by atoms with Gasteiger partial charge in [0.05, 0.1) is 7.11 Å². The van der Waals surface area contributed by atoms with Gasteiger partial charge in [-0.1, -0.05) is 18.6 Å². The van der Waals surface area contributed by atoms with Crippen LogP contribution in [0.2, 0.25) is 0 Å². The predicted molar refractivity (Wildman–Crippen MR) is 80.4 cm³/mol. The van der Waals surface area contributed by atoms with E-state index in [1.165, 1.54) is 12.5 Å². The Morgan fingerprint density at radius 1 is 1.19 bits per heavy atom. The topological polar surface area (TPSA) is 75.6 Å². The van der Waals surface area contributed by atoms with Crippen molar-refractivity contribution >= 4 is 11.9 Å². The smallest absolute Gasteiger partial charge is 0.325 e. The van der Waals surface area contributed by atoms with Crippen molar-refractivity contribution in [3.8, 4) is 5.75 Å². The van der Waals surface area contributed by atoms with E-state index < -0.39 is 12.0 Å². The molecule has 1 unspecified atom stereocenters. The Morgan fingerprint density at radius 2 is 1.86 bits per heavy atom. The Balaban J connectivity index is 2.13. The summed E-state index contributed by atoms with van der Waals surface area (Å²) in [5.41, 5.74) is 1.25. The van der Waals surface area contributed by atoms with Crippen LogP contribution in [0.5, 0.6) is 5.75 Å². The molecule has 0 heterocycles. The van der Waals surface area contributed by atoms with E-state index in [4.69, 9.17) is 9.84 Å². The molecule has 0 spiro atoms. The van der Waals surface area contributed by atoms with Gasteiger partial charge in [-0.25, -0.2) is 0 Å². The fourth-order valence-electron chi connectivity index (χ4n) is 1.96. The number of unbranched alkanes of at least 4 members (excludes halogenated alkanes) is 2. The largest absolute Gasteiger partial charge is 0.497 e. The lowest BCUT2D eigenvalue weighted by Crippen LogP contribution is -2.38. The molecule has 1 amide bonds. The first-order valence-electron chi connectivity index (χ1n) is 7.18. The van der Waals surface area contributed by atoms with Crippen molar-refractivity contribution in [1.29, 1.82) is 0 Å². The van der Waals surface area contributed by atoms with Crippen molar-refractivity contribution in [2.75, 3.05) is 7.11 Å². The number of rotatable bonds is 9. The van der Waals surface area contributed by atoms with Gasteiger partial charge in [-0.05, 0) is 43.9 Å². The lowest BCUT2D eigenvalue weighted by Gasteiger charge is -2.09. The van der Waals surface area contributed by atoms with Crippen LogP contribution in [-0.2, 0) is 16.0 Å². The average Bonchev–Trinajstić information content (AvgIpc) is 2.47. The van der Waals surface area contributed by atoms with E-state index in [1.54, 1.807) is 7.11 Å². The minimum absolute atomic E-state index is 0.200. The number of amides is 1. The second-order valence-electron chi connectivity index (χ2n) is 5.04. The zero-order valence-electron chi connectivity index (χ0n) is 12.6. The van der Waals surface area contributed by atoms with Crippen molar-refractivity contribution < 1.29 is 19.4 Å². The fourth-order valence-corrected chi connectivity index (χ4v) is 1.96. The summed E-state index contributed by atoms with van der Waals surface area (Å²) in [6, 6.07) is 7.14. The Hall–Kier alpha value is -2.04. The molecule has 21 heavy (non-hydrogen) atoms. The normalized spacial score (nSPS) is 11.7. The Morgan fingerprint density at radius 3 is 2.43 bits per heavy atom. The third-order valence-electron chi connectivity index (χ3n) is 3.28. The van der Waals surface area contributed by atoms with Gasteiger partial charge in [-0.2, -0.15) is 0 Å². The number of carboxylic acid groups (broad SMARTS) is 1. The number of aryl methyl sites for hydroxylation is 1. The molecule has 5 heteroatoms. The van der Waals surface area contributed by atoms with Crippen LogP contribution < -0.4 is 10.1 Å². The molecular formula is C16H23NO4. The van der Waals surface area contributed by atoms with Crippen LogP contribution >= 0.6 is 0 Å². The molecule has 0 fully saturated rings. The fraction of sp³-hybridized carbons (Fsp3) is 0.500.